The lowest BCUT2D eigenvalue weighted by atomic mass is 10.3. The maximum Gasteiger partial charge on any atom is 0.336 e. The monoisotopic (exact) mass is 297 g/mol. The van der Waals surface area contributed by atoms with Crippen molar-refractivity contribution in [2.45, 2.75) is 0 Å². The second-order valence-electron chi connectivity index (χ2n) is 2.99. The van der Waals surface area contributed by atoms with Gasteiger partial charge in [-0.05, 0) is 28.1 Å². The SMILES string of the molecule is COc1n[nH]c(NC(=O)c2ccc(Br)cn2)n1. The van der Waals surface area contributed by atoms with Crippen LogP contribution in [0.5, 0.6) is 6.01 Å². The Morgan fingerprint density at radius 3 is 2.94 bits per heavy atom. The van der Waals surface area contributed by atoms with E-state index in [-0.39, 0.29) is 23.6 Å². The number of hydrogen-bond donors (Lipinski definition) is 2. The fourth-order valence-corrected chi connectivity index (χ4v) is 1.31. The molecule has 0 aliphatic carbocycles. The van der Waals surface area contributed by atoms with Crippen molar-refractivity contribution in [3.8, 4) is 6.01 Å². The molecule has 17 heavy (non-hydrogen) atoms. The molecule has 7 nitrogen and oxygen atoms in total. The summed E-state index contributed by atoms with van der Waals surface area (Å²) in [6, 6.07) is 3.47. The molecule has 0 unspecified atom stereocenters. The second kappa shape index (κ2) is 4.91. The Kier molecular flexibility index (Phi) is 3.33. The van der Waals surface area contributed by atoms with Crippen LogP contribution in [0.4, 0.5) is 5.95 Å². The van der Waals surface area contributed by atoms with Crippen LogP contribution in [0, 0.1) is 0 Å². The van der Waals surface area contributed by atoms with Crippen molar-refractivity contribution >= 4 is 27.8 Å². The second-order valence-corrected chi connectivity index (χ2v) is 3.90. The summed E-state index contributed by atoms with van der Waals surface area (Å²) in [5.41, 5.74) is 0.281. The van der Waals surface area contributed by atoms with Gasteiger partial charge in [-0.25, -0.2) is 10.1 Å². The van der Waals surface area contributed by atoms with Gasteiger partial charge < -0.3 is 4.74 Å². The molecule has 0 bridgehead atoms. The number of carbonyl (C=O) groups is 1. The summed E-state index contributed by atoms with van der Waals surface area (Å²) in [7, 11) is 1.44. The third-order valence-corrected chi connectivity index (χ3v) is 2.31. The highest BCUT2D eigenvalue weighted by Crippen LogP contribution is 2.09. The van der Waals surface area contributed by atoms with E-state index in [4.69, 9.17) is 4.74 Å². The highest BCUT2D eigenvalue weighted by molar-refractivity contribution is 9.10. The number of anilines is 1. The molecule has 2 N–H and O–H groups in total. The minimum atomic E-state index is -0.378. The summed E-state index contributed by atoms with van der Waals surface area (Å²) >= 11 is 3.23. The van der Waals surface area contributed by atoms with Crippen molar-refractivity contribution in [3.63, 3.8) is 0 Å². The van der Waals surface area contributed by atoms with Crippen LogP contribution in [0.1, 0.15) is 10.5 Å². The molecule has 8 heteroatoms. The van der Waals surface area contributed by atoms with Crippen molar-refractivity contribution in [1.29, 1.82) is 0 Å². The number of H-pyrrole nitrogens is 1. The molecule has 0 saturated carbocycles. The van der Waals surface area contributed by atoms with Crippen molar-refractivity contribution in [3.05, 3.63) is 28.5 Å². The zero-order valence-corrected chi connectivity index (χ0v) is 10.4. The number of aromatic nitrogens is 4. The van der Waals surface area contributed by atoms with Crippen LogP contribution in [-0.2, 0) is 0 Å². The van der Waals surface area contributed by atoms with E-state index in [1.807, 2.05) is 0 Å². The van der Waals surface area contributed by atoms with Crippen molar-refractivity contribution in [1.82, 2.24) is 20.2 Å². The van der Waals surface area contributed by atoms with E-state index in [9.17, 15) is 4.79 Å². The van der Waals surface area contributed by atoms with E-state index in [1.54, 1.807) is 12.1 Å². The fraction of sp³-hybridized carbons (Fsp3) is 0.111. The molecular formula is C9H8BrN5O2. The van der Waals surface area contributed by atoms with Gasteiger partial charge in [-0.3, -0.25) is 10.1 Å². The number of ether oxygens (including phenoxy) is 1. The Morgan fingerprint density at radius 1 is 1.53 bits per heavy atom. The van der Waals surface area contributed by atoms with Gasteiger partial charge in [0.05, 0.1) is 7.11 Å². The molecule has 1 amide bonds. The summed E-state index contributed by atoms with van der Waals surface area (Å²) in [6.07, 6.45) is 1.54. The number of nitrogens with one attached hydrogen (secondary N) is 2. The predicted octanol–water partition coefficient (Wildman–Crippen LogP) is 1.22. The van der Waals surface area contributed by atoms with Crippen LogP contribution in [0.2, 0.25) is 0 Å². The Hall–Kier alpha value is -1.96. The molecule has 2 aromatic rings. The molecule has 0 aromatic carbocycles. The van der Waals surface area contributed by atoms with Gasteiger partial charge in [0.15, 0.2) is 0 Å². The highest BCUT2D eigenvalue weighted by atomic mass is 79.9. The normalized spacial score (nSPS) is 10.0. The highest BCUT2D eigenvalue weighted by Gasteiger charge is 2.10. The topological polar surface area (TPSA) is 92.8 Å². The molecule has 2 rings (SSSR count). The Morgan fingerprint density at radius 2 is 2.35 bits per heavy atom. The zero-order valence-electron chi connectivity index (χ0n) is 8.77. The summed E-state index contributed by atoms with van der Waals surface area (Å²) in [5.74, 6) is -0.173. The number of hydrogen-bond acceptors (Lipinski definition) is 5. The molecule has 88 valence electrons. The maximum absolute atomic E-state index is 11.7. The Balaban J connectivity index is 2.08. The summed E-state index contributed by atoms with van der Waals surface area (Å²) in [4.78, 5) is 19.5. The van der Waals surface area contributed by atoms with Gasteiger partial charge in [-0.1, -0.05) is 0 Å². The number of carbonyl (C=O) groups excluding carboxylic acids is 1. The average Bonchev–Trinajstić information content (AvgIpc) is 2.77. The van der Waals surface area contributed by atoms with Crippen molar-refractivity contribution in [2.24, 2.45) is 0 Å². The largest absolute Gasteiger partial charge is 0.466 e. The Bertz CT molecular complexity index is 524. The maximum atomic E-state index is 11.7. The first-order valence-corrected chi connectivity index (χ1v) is 5.37. The fourth-order valence-electron chi connectivity index (χ4n) is 1.08. The zero-order chi connectivity index (χ0) is 12.3. The van der Waals surface area contributed by atoms with E-state index in [0.717, 1.165) is 4.47 Å². The average molecular weight is 298 g/mol. The van der Waals surface area contributed by atoms with Crippen LogP contribution < -0.4 is 10.1 Å². The minimum absolute atomic E-state index is 0.157. The van der Waals surface area contributed by atoms with E-state index in [2.05, 4.69) is 41.4 Å². The lowest BCUT2D eigenvalue weighted by Gasteiger charge is -1.99. The van der Waals surface area contributed by atoms with E-state index >= 15 is 0 Å². The van der Waals surface area contributed by atoms with Crippen LogP contribution in [0.3, 0.4) is 0 Å². The van der Waals surface area contributed by atoms with E-state index in [0.29, 0.717) is 0 Å². The number of amides is 1. The van der Waals surface area contributed by atoms with E-state index in [1.165, 1.54) is 13.3 Å². The molecule has 2 aromatic heterocycles. The number of rotatable bonds is 3. The van der Waals surface area contributed by atoms with Gasteiger partial charge >= 0.3 is 6.01 Å². The number of pyridine rings is 1. The Labute approximate surface area is 105 Å². The van der Waals surface area contributed by atoms with Crippen molar-refractivity contribution in [2.75, 3.05) is 12.4 Å². The number of aromatic amines is 1. The summed E-state index contributed by atoms with van der Waals surface area (Å²) in [5, 5.41) is 8.71. The van der Waals surface area contributed by atoms with Crippen LogP contribution in [0.15, 0.2) is 22.8 Å². The lowest BCUT2D eigenvalue weighted by Crippen LogP contribution is -2.14. The third kappa shape index (κ3) is 2.78. The van der Waals surface area contributed by atoms with Gasteiger partial charge in [-0.15, -0.1) is 5.10 Å². The predicted molar refractivity (Wildman–Crippen MR) is 62.8 cm³/mol. The molecule has 0 saturated heterocycles. The quantitative estimate of drug-likeness (QED) is 0.889. The van der Waals surface area contributed by atoms with Crippen LogP contribution in [0.25, 0.3) is 0 Å². The molecule has 0 fully saturated rings. The van der Waals surface area contributed by atoms with Gasteiger partial charge in [0.2, 0.25) is 5.95 Å². The molecule has 0 aliphatic heterocycles. The van der Waals surface area contributed by atoms with Gasteiger partial charge in [-0.2, -0.15) is 4.98 Å². The smallest absolute Gasteiger partial charge is 0.336 e. The standard InChI is InChI=1S/C9H8BrN5O2/c1-17-9-13-8(14-15-9)12-7(16)6-3-2-5(10)4-11-6/h2-4H,1H3,(H2,12,13,14,15,16). The molecule has 0 spiro atoms. The van der Waals surface area contributed by atoms with Gasteiger partial charge in [0.1, 0.15) is 5.69 Å². The van der Waals surface area contributed by atoms with Gasteiger partial charge in [0.25, 0.3) is 5.91 Å². The molecule has 2 heterocycles. The number of methoxy groups -OCH3 is 1. The van der Waals surface area contributed by atoms with E-state index < -0.39 is 0 Å². The first kappa shape index (κ1) is 11.5. The summed E-state index contributed by atoms with van der Waals surface area (Å²) in [6.45, 7) is 0. The number of nitrogens with zero attached hydrogens (tertiary/aromatic N) is 3. The van der Waals surface area contributed by atoms with Crippen molar-refractivity contribution < 1.29 is 9.53 Å². The molecule has 0 aliphatic rings. The first-order valence-electron chi connectivity index (χ1n) is 4.58. The molecule has 0 atom stereocenters. The molecular weight excluding hydrogens is 290 g/mol. The lowest BCUT2D eigenvalue weighted by molar-refractivity contribution is 0.102. The number of halogens is 1. The molecule has 0 radical (unpaired) electrons. The third-order valence-electron chi connectivity index (χ3n) is 1.84. The van der Waals surface area contributed by atoms with Crippen LogP contribution in [-0.4, -0.2) is 33.2 Å². The van der Waals surface area contributed by atoms with Crippen LogP contribution >= 0.6 is 15.9 Å². The summed E-state index contributed by atoms with van der Waals surface area (Å²) < 4.78 is 5.57. The van der Waals surface area contributed by atoms with Gasteiger partial charge in [0, 0.05) is 10.7 Å². The first-order chi connectivity index (χ1) is 8.19. The minimum Gasteiger partial charge on any atom is -0.466 e.